The van der Waals surface area contributed by atoms with Crippen LogP contribution in [0.5, 0.6) is 0 Å². The summed E-state index contributed by atoms with van der Waals surface area (Å²) in [7, 11) is 1.55. The first-order chi connectivity index (χ1) is 8.17. The summed E-state index contributed by atoms with van der Waals surface area (Å²) >= 11 is 3.25. The Morgan fingerprint density at radius 3 is 2.94 bits per heavy atom. The van der Waals surface area contributed by atoms with Gasteiger partial charge in [0, 0.05) is 24.4 Å². The lowest BCUT2D eigenvalue weighted by Crippen LogP contribution is -2.39. The molecule has 1 atom stereocenters. The summed E-state index contributed by atoms with van der Waals surface area (Å²) in [6, 6.07) is 3.17. The second-order valence-corrected chi connectivity index (χ2v) is 4.42. The lowest BCUT2D eigenvalue weighted by molar-refractivity contribution is 0.0874. The van der Waals surface area contributed by atoms with Gasteiger partial charge >= 0.3 is 0 Å². The van der Waals surface area contributed by atoms with E-state index in [9.17, 15) is 4.79 Å². The van der Waals surface area contributed by atoms with E-state index in [-0.39, 0.29) is 18.6 Å². The first kappa shape index (κ1) is 14.1. The number of aliphatic hydroxyl groups excluding tert-OH is 1. The third-order valence-electron chi connectivity index (χ3n) is 2.14. The zero-order chi connectivity index (χ0) is 12.7. The van der Waals surface area contributed by atoms with Crippen LogP contribution in [0.2, 0.25) is 0 Å². The molecule has 5 nitrogen and oxygen atoms in total. The monoisotopic (exact) mass is 302 g/mol. The number of pyridine rings is 1. The number of carbonyl (C=O) groups is 1. The molecule has 1 rings (SSSR count). The molecule has 0 aliphatic rings. The number of aliphatic hydroxyl groups is 1. The molecule has 94 valence electrons. The first-order valence-corrected chi connectivity index (χ1v) is 5.99. The van der Waals surface area contributed by atoms with Crippen molar-refractivity contribution >= 4 is 21.8 Å². The molecule has 1 aromatic heterocycles. The highest BCUT2D eigenvalue weighted by atomic mass is 79.9. The highest BCUT2D eigenvalue weighted by Crippen LogP contribution is 2.07. The molecule has 0 radical (unpaired) electrons. The molecule has 0 aliphatic heterocycles. The molecule has 0 bridgehead atoms. The Kier molecular flexibility index (Phi) is 6.10. The van der Waals surface area contributed by atoms with Gasteiger partial charge < -0.3 is 15.2 Å². The zero-order valence-corrected chi connectivity index (χ0v) is 11.1. The van der Waals surface area contributed by atoms with Gasteiger partial charge in [0.1, 0.15) is 5.69 Å². The van der Waals surface area contributed by atoms with Crippen molar-refractivity contribution in [3.05, 3.63) is 28.5 Å². The van der Waals surface area contributed by atoms with Crippen molar-refractivity contribution in [1.82, 2.24) is 10.3 Å². The third kappa shape index (κ3) is 4.80. The summed E-state index contributed by atoms with van der Waals surface area (Å²) in [6.07, 6.45) is 2.02. The minimum absolute atomic E-state index is 0.00206. The first-order valence-electron chi connectivity index (χ1n) is 5.19. The molecule has 1 amide bonds. The minimum atomic E-state index is -0.270. The van der Waals surface area contributed by atoms with Crippen LogP contribution in [-0.4, -0.2) is 42.4 Å². The maximum absolute atomic E-state index is 11.8. The predicted molar refractivity (Wildman–Crippen MR) is 66.8 cm³/mol. The lowest BCUT2D eigenvalue weighted by atomic mass is 10.2. The number of nitrogens with one attached hydrogen (secondary N) is 1. The van der Waals surface area contributed by atoms with Gasteiger partial charge in [-0.05, 0) is 34.5 Å². The van der Waals surface area contributed by atoms with Gasteiger partial charge in [0.15, 0.2) is 0 Å². The largest absolute Gasteiger partial charge is 0.396 e. The maximum atomic E-state index is 11.8. The van der Waals surface area contributed by atoms with Crippen molar-refractivity contribution in [3.63, 3.8) is 0 Å². The number of carbonyl (C=O) groups excluding carboxylic acids is 1. The van der Waals surface area contributed by atoms with Crippen LogP contribution in [0.3, 0.4) is 0 Å². The molecular formula is C11H15BrN2O3. The molecule has 0 spiro atoms. The van der Waals surface area contributed by atoms with Crippen LogP contribution in [0, 0.1) is 0 Å². The van der Waals surface area contributed by atoms with Gasteiger partial charge in [0.05, 0.1) is 12.6 Å². The molecule has 0 aliphatic carbocycles. The summed E-state index contributed by atoms with van der Waals surface area (Å²) in [6.45, 7) is 0.366. The van der Waals surface area contributed by atoms with Crippen LogP contribution in [0.25, 0.3) is 0 Å². The molecule has 0 saturated heterocycles. The minimum Gasteiger partial charge on any atom is -0.396 e. The highest BCUT2D eigenvalue weighted by Gasteiger charge is 2.13. The van der Waals surface area contributed by atoms with Crippen molar-refractivity contribution in [2.45, 2.75) is 12.5 Å². The summed E-state index contributed by atoms with van der Waals surface area (Å²) in [4.78, 5) is 15.8. The molecule has 0 saturated carbocycles. The summed E-state index contributed by atoms with van der Waals surface area (Å²) < 4.78 is 5.78. The molecule has 6 heteroatoms. The van der Waals surface area contributed by atoms with Crippen LogP contribution in [0.1, 0.15) is 16.9 Å². The molecule has 2 N–H and O–H groups in total. The Bertz CT molecular complexity index is 350. The van der Waals surface area contributed by atoms with E-state index in [1.54, 1.807) is 25.4 Å². The van der Waals surface area contributed by atoms with Crippen molar-refractivity contribution in [1.29, 1.82) is 0 Å². The van der Waals surface area contributed by atoms with E-state index in [1.165, 1.54) is 0 Å². The highest BCUT2D eigenvalue weighted by molar-refractivity contribution is 9.10. The van der Waals surface area contributed by atoms with Crippen LogP contribution in [0.15, 0.2) is 22.8 Å². The van der Waals surface area contributed by atoms with Crippen molar-refractivity contribution in [3.8, 4) is 0 Å². The number of aromatic nitrogens is 1. The van der Waals surface area contributed by atoms with E-state index in [1.807, 2.05) is 0 Å². The molecule has 1 heterocycles. The number of amides is 1. The number of nitrogens with zero attached hydrogens (tertiary/aromatic N) is 1. The SMILES string of the molecule is COCC(CCO)NC(=O)c1ccc(Br)cn1. The Morgan fingerprint density at radius 1 is 1.65 bits per heavy atom. The van der Waals surface area contributed by atoms with Gasteiger partial charge in [0.25, 0.3) is 5.91 Å². The van der Waals surface area contributed by atoms with E-state index in [0.29, 0.717) is 18.7 Å². The summed E-state index contributed by atoms with van der Waals surface area (Å²) in [5, 5.41) is 11.6. The second-order valence-electron chi connectivity index (χ2n) is 3.50. The standard InChI is InChI=1S/C11H15BrN2O3/c1-17-7-9(4-5-15)14-11(16)10-3-2-8(12)6-13-10/h2-3,6,9,15H,4-5,7H2,1H3,(H,14,16). The second kappa shape index (κ2) is 7.37. The predicted octanol–water partition coefficient (Wildman–Crippen LogP) is 0.971. The van der Waals surface area contributed by atoms with Crippen molar-refractivity contribution in [2.24, 2.45) is 0 Å². The zero-order valence-electron chi connectivity index (χ0n) is 9.52. The van der Waals surface area contributed by atoms with E-state index in [0.717, 1.165) is 4.47 Å². The van der Waals surface area contributed by atoms with Gasteiger partial charge in [-0.2, -0.15) is 0 Å². The van der Waals surface area contributed by atoms with E-state index in [4.69, 9.17) is 9.84 Å². The lowest BCUT2D eigenvalue weighted by Gasteiger charge is -2.16. The number of rotatable bonds is 6. The number of hydrogen-bond acceptors (Lipinski definition) is 4. The van der Waals surface area contributed by atoms with Crippen molar-refractivity contribution in [2.75, 3.05) is 20.3 Å². The van der Waals surface area contributed by atoms with Crippen LogP contribution >= 0.6 is 15.9 Å². The summed E-state index contributed by atoms with van der Waals surface area (Å²) in [5.41, 5.74) is 0.340. The maximum Gasteiger partial charge on any atom is 0.270 e. The Balaban J connectivity index is 2.60. The van der Waals surface area contributed by atoms with Gasteiger partial charge in [-0.15, -0.1) is 0 Å². The van der Waals surface area contributed by atoms with E-state index >= 15 is 0 Å². The van der Waals surface area contributed by atoms with Crippen LogP contribution in [0.4, 0.5) is 0 Å². The van der Waals surface area contributed by atoms with Crippen LogP contribution < -0.4 is 5.32 Å². The number of ether oxygens (including phenoxy) is 1. The average Bonchev–Trinajstić information content (AvgIpc) is 2.30. The number of methoxy groups -OCH3 is 1. The topological polar surface area (TPSA) is 71.5 Å². The fraction of sp³-hybridized carbons (Fsp3) is 0.455. The van der Waals surface area contributed by atoms with Gasteiger partial charge in [0.2, 0.25) is 0 Å². The van der Waals surface area contributed by atoms with Gasteiger partial charge in [-0.3, -0.25) is 4.79 Å². The quantitative estimate of drug-likeness (QED) is 0.821. The van der Waals surface area contributed by atoms with E-state index in [2.05, 4.69) is 26.2 Å². The molecular weight excluding hydrogens is 288 g/mol. The van der Waals surface area contributed by atoms with Gasteiger partial charge in [-0.1, -0.05) is 0 Å². The number of halogens is 1. The molecule has 1 unspecified atom stereocenters. The number of hydrogen-bond donors (Lipinski definition) is 2. The fourth-order valence-corrected chi connectivity index (χ4v) is 1.56. The Labute approximate surface area is 108 Å². The normalized spacial score (nSPS) is 12.2. The smallest absolute Gasteiger partial charge is 0.270 e. The average molecular weight is 303 g/mol. The van der Waals surface area contributed by atoms with Crippen molar-refractivity contribution < 1.29 is 14.6 Å². The molecule has 1 aromatic rings. The Hall–Kier alpha value is -0.980. The Morgan fingerprint density at radius 2 is 2.41 bits per heavy atom. The van der Waals surface area contributed by atoms with Gasteiger partial charge in [-0.25, -0.2) is 4.98 Å². The summed E-state index contributed by atoms with van der Waals surface area (Å²) in [5.74, 6) is -0.270. The molecule has 17 heavy (non-hydrogen) atoms. The molecule has 0 aromatic carbocycles. The van der Waals surface area contributed by atoms with E-state index < -0.39 is 0 Å². The molecule has 0 fully saturated rings. The van der Waals surface area contributed by atoms with Crippen LogP contribution in [-0.2, 0) is 4.74 Å². The third-order valence-corrected chi connectivity index (χ3v) is 2.61. The fourth-order valence-electron chi connectivity index (χ4n) is 1.32.